The minimum absolute atomic E-state index is 0.177. The van der Waals surface area contributed by atoms with Crippen LogP contribution in [0.3, 0.4) is 0 Å². The summed E-state index contributed by atoms with van der Waals surface area (Å²) in [6.45, 7) is 7.62. The highest BCUT2D eigenvalue weighted by Crippen LogP contribution is 2.31. The average molecular weight is 433 g/mol. The standard InChI is InChI=1S/C27H28O5/c1-18-15-24(30-5)23(26(29)31-17-19-9-7-6-8-10-19)16-22(18)20-11-13-21(14-12-20)25(28)32-27(2,3)4/h6-16H,17H2,1-5H3. The maximum atomic E-state index is 12.8. The van der Waals surface area contributed by atoms with Gasteiger partial charge in [0.25, 0.3) is 0 Å². The smallest absolute Gasteiger partial charge is 0.342 e. The predicted molar refractivity (Wildman–Crippen MR) is 124 cm³/mol. The van der Waals surface area contributed by atoms with Crippen molar-refractivity contribution in [2.45, 2.75) is 39.9 Å². The van der Waals surface area contributed by atoms with Crippen LogP contribution in [0.2, 0.25) is 0 Å². The van der Waals surface area contributed by atoms with Gasteiger partial charge in [-0.15, -0.1) is 0 Å². The first kappa shape index (κ1) is 23.1. The molecule has 0 aliphatic rings. The minimum atomic E-state index is -0.558. The van der Waals surface area contributed by atoms with Gasteiger partial charge in [0.05, 0.1) is 12.7 Å². The number of ether oxygens (including phenoxy) is 3. The van der Waals surface area contributed by atoms with E-state index >= 15 is 0 Å². The number of methoxy groups -OCH3 is 1. The third-order valence-corrected chi connectivity index (χ3v) is 4.81. The quantitative estimate of drug-likeness (QED) is 0.448. The number of aryl methyl sites for hydroxylation is 1. The molecule has 0 aliphatic heterocycles. The number of benzene rings is 3. The van der Waals surface area contributed by atoms with Gasteiger partial charge in [0.2, 0.25) is 0 Å². The Morgan fingerprint density at radius 1 is 0.875 bits per heavy atom. The zero-order valence-corrected chi connectivity index (χ0v) is 19.1. The molecule has 3 rings (SSSR count). The van der Waals surface area contributed by atoms with Crippen LogP contribution in [-0.2, 0) is 16.1 Å². The lowest BCUT2D eigenvalue weighted by Crippen LogP contribution is -2.23. The summed E-state index contributed by atoms with van der Waals surface area (Å²) in [5.74, 6) is -0.382. The topological polar surface area (TPSA) is 61.8 Å². The first-order valence-corrected chi connectivity index (χ1v) is 10.4. The zero-order chi connectivity index (χ0) is 23.3. The molecular weight excluding hydrogens is 404 g/mol. The fourth-order valence-electron chi connectivity index (χ4n) is 3.24. The first-order valence-electron chi connectivity index (χ1n) is 10.4. The third-order valence-electron chi connectivity index (χ3n) is 4.81. The number of hydrogen-bond donors (Lipinski definition) is 0. The number of carbonyl (C=O) groups excluding carboxylic acids is 2. The van der Waals surface area contributed by atoms with Crippen LogP contribution in [0.4, 0.5) is 0 Å². The van der Waals surface area contributed by atoms with Gasteiger partial charge in [0.15, 0.2) is 0 Å². The van der Waals surface area contributed by atoms with Crippen molar-refractivity contribution >= 4 is 11.9 Å². The molecule has 0 saturated heterocycles. The van der Waals surface area contributed by atoms with Crippen molar-refractivity contribution in [1.29, 1.82) is 0 Å². The Morgan fingerprint density at radius 2 is 1.53 bits per heavy atom. The summed E-state index contributed by atoms with van der Waals surface area (Å²) in [6.07, 6.45) is 0. The van der Waals surface area contributed by atoms with E-state index in [0.717, 1.165) is 22.3 Å². The molecule has 3 aromatic rings. The van der Waals surface area contributed by atoms with Gasteiger partial charge in [-0.2, -0.15) is 0 Å². The van der Waals surface area contributed by atoms with Gasteiger partial charge in [-0.05, 0) is 74.2 Å². The highest BCUT2D eigenvalue weighted by atomic mass is 16.6. The molecule has 0 aliphatic carbocycles. The van der Waals surface area contributed by atoms with Gasteiger partial charge in [0.1, 0.15) is 23.5 Å². The fourth-order valence-corrected chi connectivity index (χ4v) is 3.24. The molecule has 166 valence electrons. The van der Waals surface area contributed by atoms with E-state index in [2.05, 4.69) is 0 Å². The first-order chi connectivity index (χ1) is 15.2. The molecule has 0 bridgehead atoms. The van der Waals surface area contributed by atoms with Crippen LogP contribution in [0.1, 0.15) is 52.6 Å². The van der Waals surface area contributed by atoms with Gasteiger partial charge in [0, 0.05) is 0 Å². The second-order valence-corrected chi connectivity index (χ2v) is 8.51. The molecule has 0 atom stereocenters. The van der Waals surface area contributed by atoms with E-state index < -0.39 is 11.6 Å². The van der Waals surface area contributed by atoms with Crippen LogP contribution in [0.5, 0.6) is 5.75 Å². The summed E-state index contributed by atoms with van der Waals surface area (Å²) in [7, 11) is 1.53. The maximum absolute atomic E-state index is 12.8. The molecule has 5 heteroatoms. The Bertz CT molecular complexity index is 1090. The van der Waals surface area contributed by atoms with E-state index in [1.54, 1.807) is 18.2 Å². The summed E-state index contributed by atoms with van der Waals surface area (Å²) < 4.78 is 16.4. The molecular formula is C27H28O5. The second kappa shape index (κ2) is 9.69. The zero-order valence-electron chi connectivity index (χ0n) is 19.1. The molecule has 32 heavy (non-hydrogen) atoms. The predicted octanol–water partition coefficient (Wildman–Crippen LogP) is 5.98. The molecule has 0 N–H and O–H groups in total. The Balaban J connectivity index is 1.85. The monoisotopic (exact) mass is 432 g/mol. The molecule has 0 amide bonds. The fraction of sp³-hybridized carbons (Fsp3) is 0.259. The van der Waals surface area contributed by atoms with Crippen molar-refractivity contribution in [3.05, 3.63) is 89.0 Å². The van der Waals surface area contributed by atoms with E-state index in [9.17, 15) is 9.59 Å². The SMILES string of the molecule is COc1cc(C)c(-c2ccc(C(=O)OC(C)(C)C)cc2)cc1C(=O)OCc1ccccc1. The average Bonchev–Trinajstić information content (AvgIpc) is 2.77. The summed E-state index contributed by atoms with van der Waals surface area (Å²) in [5, 5.41) is 0. The number of hydrogen-bond acceptors (Lipinski definition) is 5. The van der Waals surface area contributed by atoms with E-state index in [1.807, 2.05) is 76.2 Å². The van der Waals surface area contributed by atoms with Gasteiger partial charge < -0.3 is 14.2 Å². The largest absolute Gasteiger partial charge is 0.496 e. The summed E-state index contributed by atoms with van der Waals surface area (Å²) in [6, 6.07) is 20.2. The lowest BCUT2D eigenvalue weighted by atomic mass is 9.96. The van der Waals surface area contributed by atoms with E-state index in [-0.39, 0.29) is 12.6 Å². The van der Waals surface area contributed by atoms with Crippen molar-refractivity contribution in [3.8, 4) is 16.9 Å². The Labute approximate surface area is 188 Å². The van der Waals surface area contributed by atoms with Gasteiger partial charge in [-0.1, -0.05) is 42.5 Å². The van der Waals surface area contributed by atoms with Crippen molar-refractivity contribution in [2.75, 3.05) is 7.11 Å². The van der Waals surface area contributed by atoms with Crippen LogP contribution in [0.15, 0.2) is 66.7 Å². The summed E-state index contributed by atoms with van der Waals surface area (Å²) >= 11 is 0. The Morgan fingerprint density at radius 3 is 2.12 bits per heavy atom. The molecule has 0 fully saturated rings. The molecule has 0 heterocycles. The Hall–Kier alpha value is -3.60. The lowest BCUT2D eigenvalue weighted by Gasteiger charge is -2.19. The van der Waals surface area contributed by atoms with Gasteiger partial charge >= 0.3 is 11.9 Å². The molecule has 0 spiro atoms. The van der Waals surface area contributed by atoms with Crippen LogP contribution >= 0.6 is 0 Å². The van der Waals surface area contributed by atoms with Crippen LogP contribution in [0.25, 0.3) is 11.1 Å². The highest BCUT2D eigenvalue weighted by molar-refractivity contribution is 5.95. The molecule has 0 unspecified atom stereocenters. The maximum Gasteiger partial charge on any atom is 0.342 e. The normalized spacial score (nSPS) is 11.0. The van der Waals surface area contributed by atoms with Crippen molar-refractivity contribution in [2.24, 2.45) is 0 Å². The molecule has 3 aromatic carbocycles. The van der Waals surface area contributed by atoms with Gasteiger partial charge in [-0.3, -0.25) is 0 Å². The van der Waals surface area contributed by atoms with E-state index in [4.69, 9.17) is 14.2 Å². The van der Waals surface area contributed by atoms with E-state index in [0.29, 0.717) is 16.9 Å². The Kier molecular flexibility index (Phi) is 6.98. The minimum Gasteiger partial charge on any atom is -0.496 e. The third kappa shape index (κ3) is 5.76. The van der Waals surface area contributed by atoms with Crippen molar-refractivity contribution < 1.29 is 23.8 Å². The van der Waals surface area contributed by atoms with Crippen LogP contribution < -0.4 is 4.74 Å². The van der Waals surface area contributed by atoms with Crippen LogP contribution in [-0.4, -0.2) is 24.6 Å². The lowest BCUT2D eigenvalue weighted by molar-refractivity contribution is 0.00693. The van der Waals surface area contributed by atoms with Crippen LogP contribution in [0, 0.1) is 6.92 Å². The summed E-state index contributed by atoms with van der Waals surface area (Å²) in [4.78, 5) is 25.1. The molecule has 5 nitrogen and oxygen atoms in total. The number of esters is 2. The molecule has 0 aromatic heterocycles. The van der Waals surface area contributed by atoms with E-state index in [1.165, 1.54) is 7.11 Å². The van der Waals surface area contributed by atoms with Crippen molar-refractivity contribution in [1.82, 2.24) is 0 Å². The molecule has 0 saturated carbocycles. The highest BCUT2D eigenvalue weighted by Gasteiger charge is 2.20. The number of carbonyl (C=O) groups is 2. The summed E-state index contributed by atoms with van der Waals surface area (Å²) in [5.41, 5.74) is 3.83. The number of rotatable bonds is 6. The second-order valence-electron chi connectivity index (χ2n) is 8.51. The van der Waals surface area contributed by atoms with Crippen molar-refractivity contribution in [3.63, 3.8) is 0 Å². The van der Waals surface area contributed by atoms with Gasteiger partial charge in [-0.25, -0.2) is 9.59 Å². The molecule has 0 radical (unpaired) electrons.